The molecule has 0 saturated heterocycles. The van der Waals surface area contributed by atoms with Gasteiger partial charge in [0.25, 0.3) is 0 Å². The van der Waals surface area contributed by atoms with E-state index >= 15 is 0 Å². The van der Waals surface area contributed by atoms with Crippen LogP contribution < -0.4 is 16.4 Å². The van der Waals surface area contributed by atoms with Crippen molar-refractivity contribution in [2.45, 2.75) is 6.54 Å². The number of anilines is 1. The van der Waals surface area contributed by atoms with E-state index in [2.05, 4.69) is 10.6 Å². The third kappa shape index (κ3) is 4.06. The van der Waals surface area contributed by atoms with Gasteiger partial charge in [0.15, 0.2) is 0 Å². The summed E-state index contributed by atoms with van der Waals surface area (Å²) in [5.74, 6) is -0.219. The van der Waals surface area contributed by atoms with Crippen molar-refractivity contribution < 1.29 is 9.59 Å². The van der Waals surface area contributed by atoms with Crippen LogP contribution in [0.25, 0.3) is 0 Å². The molecule has 6 nitrogen and oxygen atoms in total. The lowest BCUT2D eigenvalue weighted by Crippen LogP contribution is -2.39. The van der Waals surface area contributed by atoms with Crippen molar-refractivity contribution in [1.29, 1.82) is 0 Å². The fourth-order valence-electron chi connectivity index (χ4n) is 1.36. The van der Waals surface area contributed by atoms with Crippen molar-refractivity contribution in [2.24, 2.45) is 5.73 Å². The van der Waals surface area contributed by atoms with Gasteiger partial charge < -0.3 is 21.3 Å². The van der Waals surface area contributed by atoms with Crippen LogP contribution in [0.5, 0.6) is 0 Å². The molecule has 1 rings (SSSR count). The molecule has 0 aliphatic carbocycles. The zero-order valence-corrected chi connectivity index (χ0v) is 10.6. The third-order valence-electron chi connectivity index (χ3n) is 2.42. The number of hydrogen-bond acceptors (Lipinski definition) is 3. The third-order valence-corrected chi connectivity index (χ3v) is 2.42. The van der Waals surface area contributed by atoms with E-state index in [1.807, 2.05) is 12.1 Å². The van der Waals surface area contributed by atoms with Crippen LogP contribution in [-0.4, -0.2) is 37.5 Å². The molecule has 3 amide bonds. The molecule has 0 aliphatic rings. The number of rotatable bonds is 4. The number of amides is 3. The lowest BCUT2D eigenvalue weighted by molar-refractivity contribution is -0.120. The first kappa shape index (κ1) is 14.0. The van der Waals surface area contributed by atoms with Gasteiger partial charge in [-0.3, -0.25) is 4.79 Å². The summed E-state index contributed by atoms with van der Waals surface area (Å²) in [6.45, 7) is 0.427. The highest BCUT2D eigenvalue weighted by atomic mass is 16.2. The molecule has 0 saturated carbocycles. The molecule has 0 atom stereocenters. The number of carbonyl (C=O) groups excluding carboxylic acids is 2. The number of likely N-dealkylation sites (N-methyl/N-ethyl adjacent to an activating group) is 2. The van der Waals surface area contributed by atoms with Gasteiger partial charge in [-0.2, -0.15) is 0 Å². The maximum absolute atomic E-state index is 11.8. The maximum Gasteiger partial charge on any atom is 0.322 e. The number of carbonyl (C=O) groups is 2. The van der Waals surface area contributed by atoms with E-state index in [0.29, 0.717) is 12.2 Å². The van der Waals surface area contributed by atoms with E-state index in [4.69, 9.17) is 5.73 Å². The Morgan fingerprint density at radius 1 is 1.39 bits per heavy atom. The fourth-order valence-corrected chi connectivity index (χ4v) is 1.36. The highest BCUT2D eigenvalue weighted by Crippen LogP contribution is 2.10. The molecule has 18 heavy (non-hydrogen) atoms. The second-order valence-corrected chi connectivity index (χ2v) is 3.86. The van der Waals surface area contributed by atoms with E-state index < -0.39 is 0 Å². The summed E-state index contributed by atoms with van der Waals surface area (Å²) >= 11 is 0. The Morgan fingerprint density at radius 2 is 2.11 bits per heavy atom. The molecule has 0 aromatic heterocycles. The zero-order valence-electron chi connectivity index (χ0n) is 10.6. The largest absolute Gasteiger partial charge is 0.358 e. The molecule has 0 radical (unpaired) electrons. The normalized spacial score (nSPS) is 9.72. The maximum atomic E-state index is 11.8. The van der Waals surface area contributed by atoms with E-state index in [0.717, 1.165) is 5.56 Å². The molecule has 4 N–H and O–H groups in total. The summed E-state index contributed by atoms with van der Waals surface area (Å²) in [5, 5.41) is 5.15. The number of nitrogens with zero attached hydrogens (tertiary/aromatic N) is 1. The van der Waals surface area contributed by atoms with Gasteiger partial charge in [-0.05, 0) is 17.7 Å². The van der Waals surface area contributed by atoms with Gasteiger partial charge in [-0.15, -0.1) is 0 Å². The van der Waals surface area contributed by atoms with Crippen LogP contribution >= 0.6 is 0 Å². The highest BCUT2D eigenvalue weighted by molar-refractivity contribution is 5.92. The molecule has 0 spiro atoms. The molecular formula is C12H18N4O2. The van der Waals surface area contributed by atoms with Gasteiger partial charge >= 0.3 is 6.03 Å². The SMILES string of the molecule is CNC(=O)CN(C)C(=O)Nc1cccc(CN)c1. The van der Waals surface area contributed by atoms with Gasteiger partial charge in [-0.1, -0.05) is 12.1 Å². The van der Waals surface area contributed by atoms with Gasteiger partial charge in [0.2, 0.25) is 5.91 Å². The Labute approximate surface area is 106 Å². The number of hydrogen-bond donors (Lipinski definition) is 3. The summed E-state index contributed by atoms with van der Waals surface area (Å²) < 4.78 is 0. The minimum absolute atomic E-state index is 0.0128. The van der Waals surface area contributed by atoms with Crippen molar-refractivity contribution in [3.8, 4) is 0 Å². The van der Waals surface area contributed by atoms with Crippen molar-refractivity contribution in [1.82, 2.24) is 10.2 Å². The molecule has 6 heteroatoms. The average Bonchev–Trinajstić information content (AvgIpc) is 2.38. The van der Waals surface area contributed by atoms with Gasteiger partial charge in [0, 0.05) is 26.3 Å². The number of benzene rings is 1. The van der Waals surface area contributed by atoms with Crippen molar-refractivity contribution in [2.75, 3.05) is 26.0 Å². The second kappa shape index (κ2) is 6.61. The lowest BCUT2D eigenvalue weighted by Gasteiger charge is -2.17. The average molecular weight is 250 g/mol. The first-order valence-electron chi connectivity index (χ1n) is 5.58. The van der Waals surface area contributed by atoms with Crippen LogP contribution in [0.1, 0.15) is 5.56 Å². The zero-order chi connectivity index (χ0) is 13.5. The van der Waals surface area contributed by atoms with Crippen LogP contribution in [0, 0.1) is 0 Å². The fraction of sp³-hybridized carbons (Fsp3) is 0.333. The second-order valence-electron chi connectivity index (χ2n) is 3.86. The summed E-state index contributed by atoms with van der Waals surface area (Å²) in [4.78, 5) is 24.2. The molecule has 0 unspecified atom stereocenters. The number of nitrogens with one attached hydrogen (secondary N) is 2. The van der Waals surface area contributed by atoms with E-state index in [1.54, 1.807) is 19.2 Å². The molecule has 0 bridgehead atoms. The molecule has 0 aliphatic heterocycles. The number of nitrogens with two attached hydrogens (primary N) is 1. The van der Waals surface area contributed by atoms with E-state index in [1.165, 1.54) is 11.9 Å². The van der Waals surface area contributed by atoms with Crippen LogP contribution in [0.15, 0.2) is 24.3 Å². The van der Waals surface area contributed by atoms with Crippen molar-refractivity contribution in [3.05, 3.63) is 29.8 Å². The lowest BCUT2D eigenvalue weighted by atomic mass is 10.2. The Kier molecular flexibility index (Phi) is 5.13. The van der Waals surface area contributed by atoms with Crippen LogP contribution in [0.3, 0.4) is 0 Å². The summed E-state index contributed by atoms with van der Waals surface area (Å²) in [6.07, 6.45) is 0. The summed E-state index contributed by atoms with van der Waals surface area (Å²) in [6, 6.07) is 6.92. The van der Waals surface area contributed by atoms with E-state index in [9.17, 15) is 9.59 Å². The van der Waals surface area contributed by atoms with Crippen molar-refractivity contribution >= 4 is 17.6 Å². The van der Waals surface area contributed by atoms with Gasteiger partial charge in [0.05, 0.1) is 0 Å². The standard InChI is InChI=1S/C12H18N4O2/c1-14-11(17)8-16(2)12(18)15-10-5-3-4-9(6-10)7-13/h3-6H,7-8,13H2,1-2H3,(H,14,17)(H,15,18). The molecule has 0 heterocycles. The molecular weight excluding hydrogens is 232 g/mol. The van der Waals surface area contributed by atoms with Crippen molar-refractivity contribution in [3.63, 3.8) is 0 Å². The Balaban J connectivity index is 2.60. The quantitative estimate of drug-likeness (QED) is 0.720. The van der Waals surface area contributed by atoms with Gasteiger partial charge in [0.1, 0.15) is 6.54 Å². The molecule has 1 aromatic rings. The van der Waals surface area contributed by atoms with Gasteiger partial charge in [-0.25, -0.2) is 4.79 Å². The Bertz CT molecular complexity index is 434. The Morgan fingerprint density at radius 3 is 2.72 bits per heavy atom. The molecule has 98 valence electrons. The smallest absolute Gasteiger partial charge is 0.322 e. The first-order valence-corrected chi connectivity index (χ1v) is 5.58. The minimum Gasteiger partial charge on any atom is -0.358 e. The number of urea groups is 1. The minimum atomic E-state index is -0.340. The highest BCUT2D eigenvalue weighted by Gasteiger charge is 2.11. The molecule has 0 fully saturated rings. The van der Waals surface area contributed by atoms with Crippen LogP contribution in [-0.2, 0) is 11.3 Å². The predicted molar refractivity (Wildman–Crippen MR) is 70.0 cm³/mol. The predicted octanol–water partition coefficient (Wildman–Crippen LogP) is 0.355. The summed E-state index contributed by atoms with van der Waals surface area (Å²) in [7, 11) is 3.08. The summed E-state index contributed by atoms with van der Waals surface area (Å²) in [5.41, 5.74) is 7.11. The van der Waals surface area contributed by atoms with E-state index in [-0.39, 0.29) is 18.5 Å². The van der Waals surface area contributed by atoms with Crippen LogP contribution in [0.4, 0.5) is 10.5 Å². The first-order chi connectivity index (χ1) is 8.56. The monoisotopic (exact) mass is 250 g/mol. The van der Waals surface area contributed by atoms with Crippen LogP contribution in [0.2, 0.25) is 0 Å². The topological polar surface area (TPSA) is 87.5 Å². The molecule has 1 aromatic carbocycles. The Hall–Kier alpha value is -2.08.